The van der Waals surface area contributed by atoms with Crippen LogP contribution < -0.4 is 0 Å². The fourth-order valence-electron chi connectivity index (χ4n) is 2.14. The van der Waals surface area contributed by atoms with Gasteiger partial charge in [0, 0.05) is 6.42 Å². The topological polar surface area (TPSA) is 89.9 Å². The molecular weight excluding hydrogens is 300 g/mol. The molecule has 0 rings (SSSR count). The van der Waals surface area contributed by atoms with Crippen LogP contribution in [-0.4, -0.2) is 23.0 Å². The van der Waals surface area contributed by atoms with E-state index >= 15 is 0 Å². The van der Waals surface area contributed by atoms with Gasteiger partial charge in [-0.1, -0.05) is 58.3 Å². The molecule has 0 aliphatic rings. The largest absolute Gasteiger partial charge is 0.481 e. The van der Waals surface area contributed by atoms with E-state index in [-0.39, 0.29) is 25.7 Å². The van der Waals surface area contributed by atoms with Crippen LogP contribution in [0.3, 0.4) is 0 Å². The number of hydrogen-bond acceptors (Lipinski definition) is 5. The van der Waals surface area contributed by atoms with Crippen LogP contribution in [0.5, 0.6) is 0 Å². The Bertz CT molecular complexity index is 340. The van der Waals surface area contributed by atoms with Crippen LogP contribution in [0.15, 0.2) is 0 Å². The third kappa shape index (κ3) is 16.6. The molecule has 0 aliphatic carbocycles. The van der Waals surface area contributed by atoms with Crippen molar-refractivity contribution in [1.82, 2.24) is 0 Å². The van der Waals surface area contributed by atoms with Crippen molar-refractivity contribution in [1.29, 1.82) is 0 Å². The Balaban J connectivity index is 3.36. The average molecular weight is 330 g/mol. The van der Waals surface area contributed by atoms with Crippen LogP contribution in [0.1, 0.15) is 90.4 Å². The van der Waals surface area contributed by atoms with Crippen molar-refractivity contribution in [2.45, 2.75) is 90.4 Å². The highest BCUT2D eigenvalue weighted by Gasteiger charge is 2.10. The predicted molar refractivity (Wildman–Crippen MR) is 85.5 cm³/mol. The van der Waals surface area contributed by atoms with E-state index in [0.717, 1.165) is 19.3 Å². The molecule has 0 saturated heterocycles. The van der Waals surface area contributed by atoms with E-state index in [0.29, 0.717) is 0 Å². The van der Waals surface area contributed by atoms with E-state index in [1.165, 1.54) is 38.5 Å². The monoisotopic (exact) mass is 330 g/mol. The van der Waals surface area contributed by atoms with E-state index in [2.05, 4.69) is 16.7 Å². The maximum atomic E-state index is 11.3. The maximum absolute atomic E-state index is 11.3. The second-order valence-corrected chi connectivity index (χ2v) is 5.74. The highest BCUT2D eigenvalue weighted by molar-refractivity contribution is 5.73. The summed E-state index contributed by atoms with van der Waals surface area (Å²) in [6.07, 6.45) is 10.6. The van der Waals surface area contributed by atoms with Gasteiger partial charge in [-0.05, 0) is 12.8 Å². The van der Waals surface area contributed by atoms with Crippen LogP contribution in [0, 0.1) is 0 Å². The summed E-state index contributed by atoms with van der Waals surface area (Å²) in [5, 5.41) is 8.42. The van der Waals surface area contributed by atoms with Crippen molar-refractivity contribution in [2.75, 3.05) is 0 Å². The lowest BCUT2D eigenvalue weighted by Gasteiger charge is -2.03. The quantitative estimate of drug-likeness (QED) is 0.292. The number of carbonyl (C=O) groups is 3. The number of unbranched alkanes of at least 4 members (excludes halogenated alkanes) is 8. The van der Waals surface area contributed by atoms with Gasteiger partial charge in [0.25, 0.3) is 0 Å². The van der Waals surface area contributed by atoms with E-state index in [4.69, 9.17) is 5.11 Å². The van der Waals surface area contributed by atoms with Crippen LogP contribution in [0.4, 0.5) is 0 Å². The number of hydrogen-bond donors (Lipinski definition) is 1. The van der Waals surface area contributed by atoms with Crippen molar-refractivity contribution in [3.8, 4) is 0 Å². The van der Waals surface area contributed by atoms with Crippen molar-refractivity contribution in [3.05, 3.63) is 0 Å². The molecule has 0 radical (unpaired) electrons. The van der Waals surface area contributed by atoms with Crippen LogP contribution in [0.25, 0.3) is 0 Å². The fraction of sp³-hybridized carbons (Fsp3) is 0.824. The van der Waals surface area contributed by atoms with E-state index in [9.17, 15) is 14.4 Å². The maximum Gasteiger partial charge on any atom is 0.355 e. The smallest absolute Gasteiger partial charge is 0.355 e. The molecule has 0 aromatic carbocycles. The normalized spacial score (nSPS) is 10.3. The molecule has 0 aromatic rings. The van der Waals surface area contributed by atoms with Crippen LogP contribution >= 0.6 is 0 Å². The van der Waals surface area contributed by atoms with Gasteiger partial charge >= 0.3 is 17.9 Å². The van der Waals surface area contributed by atoms with Crippen molar-refractivity contribution in [2.24, 2.45) is 0 Å². The van der Waals surface area contributed by atoms with Crippen molar-refractivity contribution >= 4 is 17.9 Å². The first-order valence-electron chi connectivity index (χ1n) is 8.68. The fourth-order valence-corrected chi connectivity index (χ4v) is 2.14. The molecule has 0 amide bonds. The van der Waals surface area contributed by atoms with Gasteiger partial charge in [-0.25, -0.2) is 19.4 Å². The predicted octanol–water partition coefficient (Wildman–Crippen LogP) is 4.16. The molecule has 0 unspecified atom stereocenters. The summed E-state index contributed by atoms with van der Waals surface area (Å²) in [4.78, 5) is 41.5. The number of rotatable bonds is 14. The summed E-state index contributed by atoms with van der Waals surface area (Å²) in [5.74, 6) is -2.24. The van der Waals surface area contributed by atoms with Crippen LogP contribution in [0.2, 0.25) is 0 Å². The number of aliphatic carboxylic acids is 1. The van der Waals surface area contributed by atoms with Gasteiger partial charge in [0.15, 0.2) is 0 Å². The van der Waals surface area contributed by atoms with Gasteiger partial charge in [-0.15, -0.1) is 0 Å². The van der Waals surface area contributed by atoms with Gasteiger partial charge in [0.05, 0.1) is 12.8 Å². The molecular formula is C17H30O6. The highest BCUT2D eigenvalue weighted by Crippen LogP contribution is 2.11. The second-order valence-electron chi connectivity index (χ2n) is 5.74. The number of carboxylic acid groups (broad SMARTS) is 1. The molecule has 6 heteroatoms. The Kier molecular flexibility index (Phi) is 14.3. The Labute approximate surface area is 138 Å². The summed E-state index contributed by atoms with van der Waals surface area (Å²) in [5.41, 5.74) is 0. The second kappa shape index (κ2) is 15.3. The SMILES string of the molecule is CCCCCCCCCCCC(=O)OOC(=O)CCCC(=O)O. The molecule has 0 spiro atoms. The average Bonchev–Trinajstić information content (AvgIpc) is 2.51. The molecule has 0 fully saturated rings. The zero-order chi connectivity index (χ0) is 17.3. The summed E-state index contributed by atoms with van der Waals surface area (Å²) in [6.45, 7) is 2.20. The van der Waals surface area contributed by atoms with Gasteiger partial charge in [0.2, 0.25) is 0 Å². The summed E-state index contributed by atoms with van der Waals surface area (Å²) in [6, 6.07) is 0. The zero-order valence-electron chi connectivity index (χ0n) is 14.2. The van der Waals surface area contributed by atoms with Gasteiger partial charge in [-0.2, -0.15) is 0 Å². The third-order valence-electron chi connectivity index (χ3n) is 3.48. The molecule has 6 nitrogen and oxygen atoms in total. The Morgan fingerprint density at radius 3 is 1.57 bits per heavy atom. The molecule has 134 valence electrons. The molecule has 1 N–H and O–H groups in total. The van der Waals surface area contributed by atoms with Crippen molar-refractivity contribution < 1.29 is 29.3 Å². The minimum Gasteiger partial charge on any atom is -0.481 e. The molecule has 0 saturated carbocycles. The first-order chi connectivity index (χ1) is 11.1. The lowest BCUT2D eigenvalue weighted by atomic mass is 10.1. The number of carbonyl (C=O) groups excluding carboxylic acids is 2. The van der Waals surface area contributed by atoms with Gasteiger partial charge in [-0.3, -0.25) is 4.79 Å². The standard InChI is InChI=1S/C17H30O6/c1-2-3-4-5-6-7-8-9-10-13-16(20)22-23-17(21)14-11-12-15(18)19/h2-14H2,1H3,(H,18,19). The highest BCUT2D eigenvalue weighted by atomic mass is 17.2. The van der Waals surface area contributed by atoms with E-state index in [1.807, 2.05) is 0 Å². The van der Waals surface area contributed by atoms with Crippen LogP contribution in [-0.2, 0) is 24.2 Å². The van der Waals surface area contributed by atoms with Gasteiger partial charge in [0.1, 0.15) is 0 Å². The van der Waals surface area contributed by atoms with E-state index in [1.54, 1.807) is 0 Å². The molecule has 0 bridgehead atoms. The van der Waals surface area contributed by atoms with Gasteiger partial charge < -0.3 is 5.11 Å². The molecule has 23 heavy (non-hydrogen) atoms. The Hall–Kier alpha value is -1.59. The number of carboxylic acids is 1. The molecule has 0 heterocycles. The molecule has 0 aliphatic heterocycles. The first kappa shape index (κ1) is 21.4. The first-order valence-corrected chi connectivity index (χ1v) is 8.68. The lowest BCUT2D eigenvalue weighted by Crippen LogP contribution is -2.11. The lowest BCUT2D eigenvalue weighted by molar-refractivity contribution is -0.259. The minimum atomic E-state index is -0.972. The van der Waals surface area contributed by atoms with Crippen molar-refractivity contribution in [3.63, 3.8) is 0 Å². The summed E-state index contributed by atoms with van der Waals surface area (Å²) < 4.78 is 0. The third-order valence-corrected chi connectivity index (χ3v) is 3.48. The molecule has 0 atom stereocenters. The zero-order valence-corrected chi connectivity index (χ0v) is 14.2. The Morgan fingerprint density at radius 1 is 0.652 bits per heavy atom. The minimum absolute atomic E-state index is 0.0718. The molecule has 0 aromatic heterocycles. The Morgan fingerprint density at radius 2 is 1.09 bits per heavy atom. The summed E-state index contributed by atoms with van der Waals surface area (Å²) in [7, 11) is 0. The summed E-state index contributed by atoms with van der Waals surface area (Å²) >= 11 is 0. The van der Waals surface area contributed by atoms with E-state index < -0.39 is 17.9 Å².